The van der Waals surface area contributed by atoms with Gasteiger partial charge in [0.2, 0.25) is 10.0 Å². The van der Waals surface area contributed by atoms with Crippen molar-refractivity contribution in [3.05, 3.63) is 42.0 Å². The van der Waals surface area contributed by atoms with E-state index in [-0.39, 0.29) is 23.6 Å². The van der Waals surface area contributed by atoms with E-state index in [9.17, 15) is 18.3 Å². The molecule has 0 aromatic heterocycles. The van der Waals surface area contributed by atoms with Crippen molar-refractivity contribution in [2.75, 3.05) is 19.3 Å². The van der Waals surface area contributed by atoms with Gasteiger partial charge < -0.3 is 10.4 Å². The summed E-state index contributed by atoms with van der Waals surface area (Å²) in [7, 11) is -2.06. The lowest BCUT2D eigenvalue weighted by molar-refractivity contribution is 0.0953. The lowest BCUT2D eigenvalue weighted by Gasteiger charge is -2.09. The molecular formula is C14H16N2O4S. The van der Waals surface area contributed by atoms with Crippen LogP contribution in [0.3, 0.4) is 0 Å². The highest BCUT2D eigenvalue weighted by Gasteiger charge is 2.14. The number of sulfonamides is 1. The molecule has 3 N–H and O–H groups in total. The topological polar surface area (TPSA) is 95.5 Å². The highest BCUT2D eigenvalue weighted by Crippen LogP contribution is 2.28. The molecule has 0 fully saturated rings. The second kappa shape index (κ2) is 6.11. The number of carbonyl (C=O) groups excluding carboxylic acids is 1. The van der Waals surface area contributed by atoms with Crippen LogP contribution in [-0.4, -0.2) is 38.8 Å². The first-order valence-electron chi connectivity index (χ1n) is 6.35. The molecule has 6 nitrogen and oxygen atoms in total. The summed E-state index contributed by atoms with van der Waals surface area (Å²) >= 11 is 0. The Kier molecular flexibility index (Phi) is 4.44. The first kappa shape index (κ1) is 15.3. The van der Waals surface area contributed by atoms with Gasteiger partial charge in [-0.05, 0) is 18.5 Å². The van der Waals surface area contributed by atoms with Crippen LogP contribution in [0.1, 0.15) is 10.4 Å². The predicted molar refractivity (Wildman–Crippen MR) is 80.8 cm³/mol. The Morgan fingerprint density at radius 2 is 1.90 bits per heavy atom. The van der Waals surface area contributed by atoms with E-state index in [4.69, 9.17) is 0 Å². The number of carbonyl (C=O) groups is 1. The molecule has 1 amide bonds. The lowest BCUT2D eigenvalue weighted by Crippen LogP contribution is -2.32. The van der Waals surface area contributed by atoms with Crippen LogP contribution in [0.4, 0.5) is 0 Å². The van der Waals surface area contributed by atoms with Gasteiger partial charge in [-0.3, -0.25) is 4.79 Å². The third-order valence-corrected chi connectivity index (χ3v) is 4.48. The van der Waals surface area contributed by atoms with Crippen LogP contribution in [0, 0.1) is 0 Å². The number of hydrogen-bond donors (Lipinski definition) is 3. The highest BCUT2D eigenvalue weighted by atomic mass is 32.2. The zero-order chi connectivity index (χ0) is 15.5. The van der Waals surface area contributed by atoms with Crippen LogP contribution in [0.2, 0.25) is 0 Å². The number of phenolic OH excluding ortho intramolecular Hbond substituents is 1. The molecule has 0 heterocycles. The molecule has 21 heavy (non-hydrogen) atoms. The van der Waals surface area contributed by atoms with E-state index in [1.165, 1.54) is 13.1 Å². The number of nitrogens with one attached hydrogen (secondary N) is 2. The van der Waals surface area contributed by atoms with Crippen molar-refractivity contribution in [3.8, 4) is 5.75 Å². The third kappa shape index (κ3) is 3.50. The summed E-state index contributed by atoms with van der Waals surface area (Å²) in [4.78, 5) is 12.0. The van der Waals surface area contributed by atoms with Crippen molar-refractivity contribution >= 4 is 26.7 Å². The van der Waals surface area contributed by atoms with E-state index in [1.54, 1.807) is 18.2 Å². The van der Waals surface area contributed by atoms with Crippen molar-refractivity contribution in [1.82, 2.24) is 10.0 Å². The SMILES string of the molecule is CNS(=O)(=O)CCNC(=O)c1ccc2ccccc2c1O. The van der Waals surface area contributed by atoms with Gasteiger partial charge in [0.15, 0.2) is 0 Å². The van der Waals surface area contributed by atoms with Crippen LogP contribution in [0.15, 0.2) is 36.4 Å². The maximum atomic E-state index is 12.0. The van der Waals surface area contributed by atoms with E-state index in [1.807, 2.05) is 12.1 Å². The fourth-order valence-corrected chi connectivity index (χ4v) is 2.51. The molecule has 0 bridgehead atoms. The van der Waals surface area contributed by atoms with Gasteiger partial charge in [0.05, 0.1) is 11.3 Å². The zero-order valence-corrected chi connectivity index (χ0v) is 12.3. The minimum Gasteiger partial charge on any atom is -0.506 e. The summed E-state index contributed by atoms with van der Waals surface area (Å²) in [5, 5.41) is 14.0. The fraction of sp³-hybridized carbons (Fsp3) is 0.214. The van der Waals surface area contributed by atoms with Gasteiger partial charge in [-0.2, -0.15) is 0 Å². The van der Waals surface area contributed by atoms with Crippen molar-refractivity contribution in [1.29, 1.82) is 0 Å². The molecule has 0 saturated heterocycles. The maximum Gasteiger partial charge on any atom is 0.255 e. The molecule has 2 aromatic carbocycles. The molecule has 2 rings (SSSR count). The smallest absolute Gasteiger partial charge is 0.255 e. The molecule has 0 aliphatic heterocycles. The van der Waals surface area contributed by atoms with Crippen LogP contribution >= 0.6 is 0 Å². The second-order valence-electron chi connectivity index (χ2n) is 4.46. The Balaban J connectivity index is 2.15. The van der Waals surface area contributed by atoms with Gasteiger partial charge in [0.1, 0.15) is 5.75 Å². The summed E-state index contributed by atoms with van der Waals surface area (Å²) in [6.07, 6.45) is 0. The Labute approximate surface area is 122 Å². The fourth-order valence-electron chi connectivity index (χ4n) is 1.93. The molecule has 0 aliphatic carbocycles. The Morgan fingerprint density at radius 3 is 2.62 bits per heavy atom. The van der Waals surface area contributed by atoms with Gasteiger partial charge in [-0.15, -0.1) is 0 Å². The third-order valence-electron chi connectivity index (χ3n) is 3.11. The number of benzene rings is 2. The van der Waals surface area contributed by atoms with Gasteiger partial charge in [0, 0.05) is 11.9 Å². The molecule has 112 valence electrons. The number of phenols is 1. The van der Waals surface area contributed by atoms with Gasteiger partial charge >= 0.3 is 0 Å². The van der Waals surface area contributed by atoms with Crippen LogP contribution in [-0.2, 0) is 10.0 Å². The standard InChI is InChI=1S/C14H16N2O4S/c1-15-21(19,20)9-8-16-14(18)12-7-6-10-4-2-3-5-11(10)13(12)17/h2-7,15,17H,8-9H2,1H3,(H,16,18). The molecule has 2 aromatic rings. The van der Waals surface area contributed by atoms with Crippen molar-refractivity contribution in [2.45, 2.75) is 0 Å². The summed E-state index contributed by atoms with van der Waals surface area (Å²) in [5.74, 6) is -0.838. The zero-order valence-electron chi connectivity index (χ0n) is 11.5. The molecule has 0 spiro atoms. The van der Waals surface area contributed by atoms with Crippen LogP contribution in [0.25, 0.3) is 10.8 Å². The molecule has 0 radical (unpaired) electrons. The number of hydrogen-bond acceptors (Lipinski definition) is 4. The summed E-state index contributed by atoms with van der Waals surface area (Å²) in [5.41, 5.74) is 0.121. The van der Waals surface area contributed by atoms with Crippen molar-refractivity contribution < 1.29 is 18.3 Å². The van der Waals surface area contributed by atoms with E-state index < -0.39 is 15.9 Å². The molecule has 0 unspecified atom stereocenters. The summed E-state index contributed by atoms with van der Waals surface area (Å²) < 4.78 is 24.7. The normalized spacial score (nSPS) is 11.5. The number of amides is 1. The molecular weight excluding hydrogens is 292 g/mol. The van der Waals surface area contributed by atoms with Gasteiger partial charge in [0.25, 0.3) is 5.91 Å². The van der Waals surface area contributed by atoms with Crippen molar-refractivity contribution in [2.24, 2.45) is 0 Å². The van der Waals surface area contributed by atoms with Crippen molar-refractivity contribution in [3.63, 3.8) is 0 Å². The van der Waals surface area contributed by atoms with Gasteiger partial charge in [-0.25, -0.2) is 13.1 Å². The van der Waals surface area contributed by atoms with Crippen LogP contribution < -0.4 is 10.0 Å². The highest BCUT2D eigenvalue weighted by molar-refractivity contribution is 7.89. The average Bonchev–Trinajstić information content (AvgIpc) is 2.47. The minimum atomic E-state index is -3.37. The quantitative estimate of drug-likeness (QED) is 0.762. The molecule has 7 heteroatoms. The predicted octanol–water partition coefficient (Wildman–Crippen LogP) is 0.824. The van der Waals surface area contributed by atoms with E-state index in [2.05, 4.69) is 10.0 Å². The largest absolute Gasteiger partial charge is 0.506 e. The molecule has 0 atom stereocenters. The second-order valence-corrected chi connectivity index (χ2v) is 6.51. The van der Waals surface area contributed by atoms with Gasteiger partial charge in [-0.1, -0.05) is 30.3 Å². The maximum absolute atomic E-state index is 12.0. The molecule has 0 aliphatic rings. The van der Waals surface area contributed by atoms with E-state index in [0.29, 0.717) is 5.39 Å². The first-order valence-corrected chi connectivity index (χ1v) is 8.00. The molecule has 0 saturated carbocycles. The average molecular weight is 308 g/mol. The first-order chi connectivity index (χ1) is 9.94. The Morgan fingerprint density at radius 1 is 1.19 bits per heavy atom. The summed E-state index contributed by atoms with van der Waals surface area (Å²) in [6, 6.07) is 10.4. The lowest BCUT2D eigenvalue weighted by atomic mass is 10.0. The Bertz CT molecular complexity index is 772. The Hall–Kier alpha value is -2.12. The monoisotopic (exact) mass is 308 g/mol. The van der Waals surface area contributed by atoms with Crippen LogP contribution in [0.5, 0.6) is 5.75 Å². The number of rotatable bonds is 5. The summed E-state index contributed by atoms with van der Waals surface area (Å²) in [6.45, 7) is -0.0335. The number of aromatic hydroxyl groups is 1. The minimum absolute atomic E-state index is 0.0335. The van der Waals surface area contributed by atoms with E-state index in [0.717, 1.165) is 5.39 Å². The number of fused-ring (bicyclic) bond motifs is 1. The van der Waals surface area contributed by atoms with E-state index >= 15 is 0 Å².